The molecule has 0 unspecified atom stereocenters. The van der Waals surface area contributed by atoms with Gasteiger partial charge in [0.15, 0.2) is 0 Å². The van der Waals surface area contributed by atoms with Crippen molar-refractivity contribution >= 4 is 34.5 Å². The van der Waals surface area contributed by atoms with Crippen LogP contribution in [0.3, 0.4) is 0 Å². The molecule has 94 valence electrons. The Labute approximate surface area is 114 Å². The summed E-state index contributed by atoms with van der Waals surface area (Å²) >= 11 is 7.32. The number of phenolic OH excluding ortho intramolecular Hbond substituents is 1. The number of anilines is 1. The van der Waals surface area contributed by atoms with Gasteiger partial charge in [0.2, 0.25) is 0 Å². The predicted octanol–water partition coefficient (Wildman–Crippen LogP) is 3.98. The van der Waals surface area contributed by atoms with E-state index in [1.165, 1.54) is 11.3 Å². The van der Waals surface area contributed by atoms with Gasteiger partial charge in [0.1, 0.15) is 10.1 Å². The number of nitrogens with one attached hydrogen (secondary N) is 1. The van der Waals surface area contributed by atoms with E-state index in [9.17, 15) is 9.90 Å². The molecule has 1 heterocycles. The third-order valence-corrected chi connectivity index (χ3v) is 3.73. The summed E-state index contributed by atoms with van der Waals surface area (Å²) < 4.78 is 0.455. The van der Waals surface area contributed by atoms with Crippen LogP contribution in [0.15, 0.2) is 24.3 Å². The number of carbonyl (C=O) groups excluding carboxylic acids is 1. The molecule has 0 radical (unpaired) electrons. The summed E-state index contributed by atoms with van der Waals surface area (Å²) in [6.45, 7) is 3.75. The minimum Gasteiger partial charge on any atom is -0.506 e. The van der Waals surface area contributed by atoms with Crippen molar-refractivity contribution in [1.82, 2.24) is 0 Å². The summed E-state index contributed by atoms with van der Waals surface area (Å²) in [5, 5.41) is 12.4. The van der Waals surface area contributed by atoms with E-state index in [1.54, 1.807) is 18.2 Å². The largest absolute Gasteiger partial charge is 0.506 e. The first-order chi connectivity index (χ1) is 8.47. The third-order valence-electron chi connectivity index (χ3n) is 2.46. The summed E-state index contributed by atoms with van der Waals surface area (Å²) in [5.41, 5.74) is 1.74. The second kappa shape index (κ2) is 5.00. The van der Waals surface area contributed by atoms with Crippen molar-refractivity contribution in [3.05, 3.63) is 44.6 Å². The van der Waals surface area contributed by atoms with Gasteiger partial charge < -0.3 is 10.4 Å². The predicted molar refractivity (Wildman–Crippen MR) is 74.9 cm³/mol. The van der Waals surface area contributed by atoms with Crippen molar-refractivity contribution in [2.24, 2.45) is 0 Å². The van der Waals surface area contributed by atoms with Gasteiger partial charge in [0.05, 0.1) is 11.3 Å². The highest BCUT2D eigenvalue weighted by atomic mass is 35.5. The monoisotopic (exact) mass is 281 g/mol. The lowest BCUT2D eigenvalue weighted by Crippen LogP contribution is -2.11. The molecule has 1 aromatic carbocycles. The first kappa shape index (κ1) is 12.9. The molecule has 0 aliphatic heterocycles. The number of carbonyl (C=O) groups is 1. The highest BCUT2D eigenvalue weighted by Gasteiger charge is 2.14. The highest BCUT2D eigenvalue weighted by molar-refractivity contribution is 7.16. The van der Waals surface area contributed by atoms with E-state index >= 15 is 0 Å². The van der Waals surface area contributed by atoms with E-state index in [4.69, 9.17) is 11.6 Å². The fourth-order valence-electron chi connectivity index (χ4n) is 1.58. The molecule has 0 aliphatic carbocycles. The molecule has 0 spiro atoms. The van der Waals surface area contributed by atoms with E-state index in [0.717, 1.165) is 10.4 Å². The van der Waals surface area contributed by atoms with Gasteiger partial charge >= 0.3 is 0 Å². The van der Waals surface area contributed by atoms with Crippen molar-refractivity contribution in [1.29, 1.82) is 0 Å². The topological polar surface area (TPSA) is 49.3 Å². The summed E-state index contributed by atoms with van der Waals surface area (Å²) in [6.07, 6.45) is 0. The molecular weight excluding hydrogens is 270 g/mol. The minimum atomic E-state index is -0.316. The Balaban J connectivity index is 2.24. The maximum atomic E-state index is 12.0. The zero-order chi connectivity index (χ0) is 13.3. The number of benzene rings is 1. The molecule has 5 heteroatoms. The van der Waals surface area contributed by atoms with Gasteiger partial charge in [-0.2, -0.15) is 0 Å². The molecule has 3 nitrogen and oxygen atoms in total. The van der Waals surface area contributed by atoms with Crippen molar-refractivity contribution < 1.29 is 9.90 Å². The SMILES string of the molecule is Cc1ccc(NC(=O)c2cc(C)sc2Cl)c(O)c1. The van der Waals surface area contributed by atoms with Crippen molar-refractivity contribution in [3.63, 3.8) is 0 Å². The fourth-order valence-corrected chi connectivity index (χ4v) is 2.80. The quantitative estimate of drug-likeness (QED) is 0.818. The number of aryl methyl sites for hydroxylation is 2. The molecule has 0 fully saturated rings. The number of aromatic hydroxyl groups is 1. The molecule has 1 amide bonds. The van der Waals surface area contributed by atoms with Crippen LogP contribution in [0, 0.1) is 13.8 Å². The average molecular weight is 282 g/mol. The van der Waals surface area contributed by atoms with Gasteiger partial charge in [0.25, 0.3) is 5.91 Å². The van der Waals surface area contributed by atoms with Gasteiger partial charge in [-0.25, -0.2) is 0 Å². The second-order valence-electron chi connectivity index (χ2n) is 4.02. The maximum Gasteiger partial charge on any atom is 0.258 e. The van der Waals surface area contributed by atoms with Crippen LogP contribution in [0.4, 0.5) is 5.69 Å². The molecule has 0 saturated heterocycles. The molecular formula is C13H12ClNO2S. The number of phenols is 1. The summed E-state index contributed by atoms with van der Waals surface area (Å²) in [6, 6.07) is 6.80. The molecule has 2 N–H and O–H groups in total. The van der Waals surface area contributed by atoms with E-state index in [1.807, 2.05) is 19.9 Å². The number of halogens is 1. The van der Waals surface area contributed by atoms with Crippen LogP contribution in [-0.4, -0.2) is 11.0 Å². The molecule has 0 atom stereocenters. The molecule has 0 aliphatic rings. The molecule has 2 rings (SSSR count). The van der Waals surface area contributed by atoms with Gasteiger partial charge in [-0.15, -0.1) is 11.3 Å². The van der Waals surface area contributed by atoms with E-state index in [2.05, 4.69) is 5.32 Å². The number of hydrogen-bond donors (Lipinski definition) is 2. The molecule has 1 aromatic heterocycles. The molecule has 18 heavy (non-hydrogen) atoms. The van der Waals surface area contributed by atoms with E-state index in [0.29, 0.717) is 15.6 Å². The van der Waals surface area contributed by atoms with Gasteiger partial charge in [-0.3, -0.25) is 4.79 Å². The van der Waals surface area contributed by atoms with Crippen LogP contribution in [0.5, 0.6) is 5.75 Å². The summed E-state index contributed by atoms with van der Waals surface area (Å²) in [4.78, 5) is 13.0. The number of thiophene rings is 1. The standard InChI is InChI=1S/C13H12ClNO2S/c1-7-3-4-10(11(16)5-7)15-13(17)9-6-8(2)18-12(9)14/h3-6,16H,1-2H3,(H,15,17). The lowest BCUT2D eigenvalue weighted by molar-refractivity contribution is 0.102. The normalized spacial score (nSPS) is 10.4. The van der Waals surface area contributed by atoms with Gasteiger partial charge in [0, 0.05) is 4.88 Å². The number of rotatable bonds is 2. The number of hydrogen-bond acceptors (Lipinski definition) is 3. The Bertz CT molecular complexity index is 607. The third kappa shape index (κ3) is 2.66. The first-order valence-corrected chi connectivity index (χ1v) is 6.53. The smallest absolute Gasteiger partial charge is 0.258 e. The Kier molecular flexibility index (Phi) is 3.59. The van der Waals surface area contributed by atoms with Gasteiger partial charge in [-0.05, 0) is 37.6 Å². The van der Waals surface area contributed by atoms with Crippen LogP contribution in [-0.2, 0) is 0 Å². The van der Waals surface area contributed by atoms with Crippen LogP contribution in [0.25, 0.3) is 0 Å². The highest BCUT2D eigenvalue weighted by Crippen LogP contribution is 2.29. The lowest BCUT2D eigenvalue weighted by atomic mass is 10.2. The Morgan fingerprint density at radius 2 is 2.06 bits per heavy atom. The number of amides is 1. The van der Waals surface area contributed by atoms with Crippen LogP contribution in [0.2, 0.25) is 4.34 Å². The van der Waals surface area contributed by atoms with Crippen LogP contribution >= 0.6 is 22.9 Å². The van der Waals surface area contributed by atoms with Crippen LogP contribution in [0.1, 0.15) is 20.8 Å². The van der Waals surface area contributed by atoms with Crippen molar-refractivity contribution in [3.8, 4) is 5.75 Å². The Morgan fingerprint density at radius 1 is 1.33 bits per heavy atom. The summed E-state index contributed by atoms with van der Waals surface area (Å²) in [7, 11) is 0. The zero-order valence-corrected chi connectivity index (χ0v) is 11.5. The average Bonchev–Trinajstić information content (AvgIpc) is 2.62. The van der Waals surface area contributed by atoms with Crippen molar-refractivity contribution in [2.75, 3.05) is 5.32 Å². The molecule has 0 bridgehead atoms. The maximum absolute atomic E-state index is 12.0. The summed E-state index contributed by atoms with van der Waals surface area (Å²) in [5.74, 6) is -0.269. The van der Waals surface area contributed by atoms with E-state index < -0.39 is 0 Å². The first-order valence-electron chi connectivity index (χ1n) is 5.34. The Hall–Kier alpha value is -1.52. The minimum absolute atomic E-state index is 0.0476. The van der Waals surface area contributed by atoms with Crippen molar-refractivity contribution in [2.45, 2.75) is 13.8 Å². The Morgan fingerprint density at radius 3 is 2.61 bits per heavy atom. The van der Waals surface area contributed by atoms with Gasteiger partial charge in [-0.1, -0.05) is 17.7 Å². The molecule has 0 saturated carbocycles. The fraction of sp³-hybridized carbons (Fsp3) is 0.154. The second-order valence-corrected chi connectivity index (χ2v) is 5.88. The molecule has 2 aromatic rings. The van der Waals surface area contributed by atoms with Crippen LogP contribution < -0.4 is 5.32 Å². The zero-order valence-electron chi connectivity index (χ0n) is 9.95. The lowest BCUT2D eigenvalue weighted by Gasteiger charge is -2.07. The van der Waals surface area contributed by atoms with E-state index in [-0.39, 0.29) is 11.7 Å².